The number of aromatic nitrogens is 3. The van der Waals surface area contributed by atoms with Gasteiger partial charge in [-0.15, -0.1) is 0 Å². The van der Waals surface area contributed by atoms with Crippen molar-refractivity contribution in [3.63, 3.8) is 0 Å². The van der Waals surface area contributed by atoms with E-state index >= 15 is 0 Å². The van der Waals surface area contributed by atoms with Gasteiger partial charge in [0.15, 0.2) is 0 Å². The van der Waals surface area contributed by atoms with Crippen molar-refractivity contribution in [3.8, 4) is 10.9 Å². The number of thiazole rings is 1. The zero-order valence-electron chi connectivity index (χ0n) is 16.1. The van der Waals surface area contributed by atoms with Gasteiger partial charge in [0.1, 0.15) is 11.6 Å². The number of ether oxygens (including phenoxy) is 1. The van der Waals surface area contributed by atoms with E-state index in [0.29, 0.717) is 12.2 Å². The summed E-state index contributed by atoms with van der Waals surface area (Å²) in [7, 11) is 0. The van der Waals surface area contributed by atoms with Gasteiger partial charge in [-0.05, 0) is 32.0 Å². The standard InChI is InChI=1S/C22H20N4O2S/c1-13(2)28-18-9-5-3-7-14(18)15-11-20(27)25-21-16(15)12-23-26(21)22-24-17-8-4-6-10-19(17)29-22/h3-10,12-13,15H,11H2,1-2H3,(H,25,27). The van der Waals surface area contributed by atoms with Crippen molar-refractivity contribution in [2.45, 2.75) is 32.3 Å². The molecule has 1 amide bonds. The summed E-state index contributed by atoms with van der Waals surface area (Å²) in [4.78, 5) is 17.3. The summed E-state index contributed by atoms with van der Waals surface area (Å²) in [6, 6.07) is 15.9. The molecule has 2 aromatic heterocycles. The van der Waals surface area contributed by atoms with Crippen LogP contribution in [0.25, 0.3) is 15.3 Å². The number of amides is 1. The zero-order valence-corrected chi connectivity index (χ0v) is 16.9. The molecule has 4 aromatic rings. The van der Waals surface area contributed by atoms with E-state index in [2.05, 4.69) is 15.4 Å². The molecule has 146 valence electrons. The quantitative estimate of drug-likeness (QED) is 0.533. The molecule has 1 aliphatic rings. The molecule has 0 aliphatic carbocycles. The number of hydrogen-bond acceptors (Lipinski definition) is 5. The predicted octanol–water partition coefficient (Wildman–Crippen LogP) is 4.74. The van der Waals surface area contributed by atoms with Crippen molar-refractivity contribution in [1.29, 1.82) is 0 Å². The summed E-state index contributed by atoms with van der Waals surface area (Å²) >= 11 is 1.55. The fourth-order valence-electron chi connectivity index (χ4n) is 3.72. The third-order valence-electron chi connectivity index (χ3n) is 4.94. The number of benzene rings is 2. The summed E-state index contributed by atoms with van der Waals surface area (Å²) in [6.07, 6.45) is 2.24. The van der Waals surface area contributed by atoms with Gasteiger partial charge in [-0.2, -0.15) is 9.78 Å². The molecule has 6 nitrogen and oxygen atoms in total. The number of carbonyl (C=O) groups is 1. The van der Waals surface area contributed by atoms with E-state index < -0.39 is 0 Å². The van der Waals surface area contributed by atoms with Crippen LogP contribution in [0.3, 0.4) is 0 Å². The van der Waals surface area contributed by atoms with Crippen molar-refractivity contribution in [3.05, 3.63) is 65.9 Å². The van der Waals surface area contributed by atoms with E-state index in [9.17, 15) is 4.79 Å². The molecule has 29 heavy (non-hydrogen) atoms. The Balaban J connectivity index is 1.61. The smallest absolute Gasteiger partial charge is 0.226 e. The van der Waals surface area contributed by atoms with E-state index in [1.54, 1.807) is 16.0 Å². The second-order valence-electron chi connectivity index (χ2n) is 7.33. The average Bonchev–Trinajstić information content (AvgIpc) is 3.31. The van der Waals surface area contributed by atoms with Crippen LogP contribution in [0.1, 0.15) is 37.3 Å². The van der Waals surface area contributed by atoms with Gasteiger partial charge in [0.05, 0.1) is 22.5 Å². The highest BCUT2D eigenvalue weighted by atomic mass is 32.1. The van der Waals surface area contributed by atoms with Crippen LogP contribution in [0, 0.1) is 0 Å². The van der Waals surface area contributed by atoms with Gasteiger partial charge >= 0.3 is 0 Å². The molecular formula is C22H20N4O2S. The lowest BCUT2D eigenvalue weighted by Gasteiger charge is -2.25. The van der Waals surface area contributed by atoms with Crippen LogP contribution in [-0.4, -0.2) is 26.8 Å². The second kappa shape index (κ2) is 7.00. The number of fused-ring (bicyclic) bond motifs is 2. The van der Waals surface area contributed by atoms with E-state index in [0.717, 1.165) is 32.2 Å². The van der Waals surface area contributed by atoms with Crippen molar-refractivity contribution >= 4 is 33.3 Å². The molecular weight excluding hydrogens is 384 g/mol. The molecule has 0 bridgehead atoms. The molecule has 1 unspecified atom stereocenters. The summed E-state index contributed by atoms with van der Waals surface area (Å²) in [5.41, 5.74) is 2.90. The van der Waals surface area contributed by atoms with E-state index in [1.807, 2.05) is 68.6 Å². The first-order chi connectivity index (χ1) is 14.1. The molecule has 3 heterocycles. The Morgan fingerprint density at radius 2 is 1.93 bits per heavy atom. The van der Waals surface area contributed by atoms with Gasteiger partial charge in [0.25, 0.3) is 0 Å². The highest BCUT2D eigenvalue weighted by Gasteiger charge is 2.32. The van der Waals surface area contributed by atoms with Crippen LogP contribution in [0.4, 0.5) is 5.82 Å². The van der Waals surface area contributed by atoms with Crippen LogP contribution in [-0.2, 0) is 4.79 Å². The number of nitrogens with one attached hydrogen (secondary N) is 1. The molecule has 0 fully saturated rings. The minimum absolute atomic E-state index is 0.0373. The number of rotatable bonds is 4. The van der Waals surface area contributed by atoms with Crippen molar-refractivity contribution in [1.82, 2.24) is 14.8 Å². The molecule has 5 rings (SSSR count). The highest BCUT2D eigenvalue weighted by molar-refractivity contribution is 7.20. The molecule has 0 saturated carbocycles. The molecule has 0 spiro atoms. The van der Waals surface area contributed by atoms with Crippen molar-refractivity contribution in [2.75, 3.05) is 5.32 Å². The number of carbonyl (C=O) groups excluding carboxylic acids is 1. The topological polar surface area (TPSA) is 69.0 Å². The first-order valence-electron chi connectivity index (χ1n) is 9.59. The van der Waals surface area contributed by atoms with Gasteiger partial charge < -0.3 is 10.1 Å². The lowest BCUT2D eigenvalue weighted by atomic mass is 9.87. The summed E-state index contributed by atoms with van der Waals surface area (Å²) < 4.78 is 8.83. The third kappa shape index (κ3) is 3.17. The SMILES string of the molecule is CC(C)Oc1ccccc1C1CC(=O)Nc2c1cnn2-c1nc2ccccc2s1. The van der Waals surface area contributed by atoms with Gasteiger partial charge in [0.2, 0.25) is 11.0 Å². The molecule has 0 radical (unpaired) electrons. The van der Waals surface area contributed by atoms with Crippen LogP contribution in [0.5, 0.6) is 5.75 Å². The van der Waals surface area contributed by atoms with Gasteiger partial charge in [-0.1, -0.05) is 41.7 Å². The van der Waals surface area contributed by atoms with Crippen LogP contribution in [0.15, 0.2) is 54.7 Å². The normalized spacial score (nSPS) is 16.1. The highest BCUT2D eigenvalue weighted by Crippen LogP contribution is 2.42. The first-order valence-corrected chi connectivity index (χ1v) is 10.4. The number of hydrogen-bond donors (Lipinski definition) is 1. The minimum Gasteiger partial charge on any atom is -0.491 e. The molecule has 1 aliphatic heterocycles. The number of para-hydroxylation sites is 2. The Hall–Kier alpha value is -3.19. The second-order valence-corrected chi connectivity index (χ2v) is 8.34. The zero-order chi connectivity index (χ0) is 20.0. The summed E-state index contributed by atoms with van der Waals surface area (Å²) in [5.74, 6) is 1.34. The van der Waals surface area contributed by atoms with Gasteiger partial charge in [-0.25, -0.2) is 4.98 Å². The van der Waals surface area contributed by atoms with E-state index in [4.69, 9.17) is 4.74 Å². The van der Waals surface area contributed by atoms with Gasteiger partial charge in [-0.3, -0.25) is 4.79 Å². The Morgan fingerprint density at radius 3 is 2.76 bits per heavy atom. The average molecular weight is 404 g/mol. The Morgan fingerprint density at radius 1 is 1.14 bits per heavy atom. The Bertz CT molecular complexity index is 1180. The number of anilines is 1. The fourth-order valence-corrected chi connectivity index (χ4v) is 4.65. The van der Waals surface area contributed by atoms with E-state index in [1.165, 1.54) is 0 Å². The third-order valence-corrected chi connectivity index (χ3v) is 5.95. The predicted molar refractivity (Wildman–Crippen MR) is 114 cm³/mol. The maximum atomic E-state index is 12.6. The van der Waals surface area contributed by atoms with E-state index in [-0.39, 0.29) is 17.9 Å². The van der Waals surface area contributed by atoms with Crippen molar-refractivity contribution < 1.29 is 9.53 Å². The van der Waals surface area contributed by atoms with Gasteiger partial charge in [0, 0.05) is 23.5 Å². The lowest BCUT2D eigenvalue weighted by molar-refractivity contribution is -0.116. The monoisotopic (exact) mass is 404 g/mol. The summed E-state index contributed by atoms with van der Waals surface area (Å²) in [5, 5.41) is 8.31. The molecule has 2 aromatic carbocycles. The number of nitrogens with zero attached hydrogens (tertiary/aromatic N) is 3. The molecule has 7 heteroatoms. The van der Waals surface area contributed by atoms with Crippen molar-refractivity contribution in [2.24, 2.45) is 0 Å². The fraction of sp³-hybridized carbons (Fsp3) is 0.227. The molecule has 0 saturated heterocycles. The molecule has 1 atom stereocenters. The van der Waals surface area contributed by atoms with Crippen LogP contribution < -0.4 is 10.1 Å². The molecule has 1 N–H and O–H groups in total. The van der Waals surface area contributed by atoms with Crippen LogP contribution in [0.2, 0.25) is 0 Å². The largest absolute Gasteiger partial charge is 0.491 e. The maximum Gasteiger partial charge on any atom is 0.226 e. The lowest BCUT2D eigenvalue weighted by Crippen LogP contribution is -2.25. The Kier molecular flexibility index (Phi) is 4.32. The first kappa shape index (κ1) is 17.9. The summed E-state index contributed by atoms with van der Waals surface area (Å²) in [6.45, 7) is 4.00. The Labute approximate surface area is 172 Å². The minimum atomic E-state index is -0.114. The maximum absolute atomic E-state index is 12.6. The van der Waals surface area contributed by atoms with Crippen LogP contribution >= 0.6 is 11.3 Å².